The molecule has 0 spiro atoms. The van der Waals surface area contributed by atoms with Crippen LogP contribution in [-0.4, -0.2) is 40.3 Å². The molecule has 178 valence electrons. The van der Waals surface area contributed by atoms with Crippen LogP contribution in [0.3, 0.4) is 0 Å². The molecule has 34 heavy (non-hydrogen) atoms. The zero-order valence-electron chi connectivity index (χ0n) is 20.9. The Labute approximate surface area is 204 Å². The molecule has 2 atom stereocenters. The van der Waals surface area contributed by atoms with E-state index in [1.165, 1.54) is 22.3 Å². The van der Waals surface area contributed by atoms with Gasteiger partial charge >= 0.3 is 0 Å². The van der Waals surface area contributed by atoms with Crippen LogP contribution in [0.25, 0.3) is 0 Å². The smallest absolute Gasteiger partial charge is 0.225 e. The maximum Gasteiger partial charge on any atom is 0.225 e. The van der Waals surface area contributed by atoms with Crippen molar-refractivity contribution in [3.05, 3.63) is 101 Å². The second-order valence-electron chi connectivity index (χ2n) is 10.2. The number of aromatic nitrogens is 1. The minimum atomic E-state index is -0.0282. The van der Waals surface area contributed by atoms with Crippen LogP contribution in [0.15, 0.2) is 73.1 Å². The summed E-state index contributed by atoms with van der Waals surface area (Å²) in [5.74, 6) is 0.970. The molecule has 2 aromatic carbocycles. The number of rotatable bonds is 8. The van der Waals surface area contributed by atoms with Crippen LogP contribution in [0, 0.1) is 25.7 Å². The lowest BCUT2D eigenvalue weighted by molar-refractivity contribution is -0.135. The quantitative estimate of drug-likeness (QED) is 0.444. The molecular weight excluding hydrogens is 418 g/mol. The summed E-state index contributed by atoms with van der Waals surface area (Å²) in [5.41, 5.74) is 6.37. The Morgan fingerprint density at radius 2 is 1.65 bits per heavy atom. The van der Waals surface area contributed by atoms with Crippen LogP contribution in [-0.2, 0) is 17.9 Å². The first-order valence-electron chi connectivity index (χ1n) is 12.4. The molecule has 1 saturated heterocycles. The Morgan fingerprint density at radius 3 is 2.26 bits per heavy atom. The Balaban J connectivity index is 1.57. The van der Waals surface area contributed by atoms with Crippen molar-refractivity contribution in [2.24, 2.45) is 11.8 Å². The second-order valence-corrected chi connectivity index (χ2v) is 10.2. The van der Waals surface area contributed by atoms with Gasteiger partial charge in [0.2, 0.25) is 5.91 Å². The van der Waals surface area contributed by atoms with Gasteiger partial charge in [-0.15, -0.1) is 0 Å². The van der Waals surface area contributed by atoms with Gasteiger partial charge < -0.3 is 4.90 Å². The van der Waals surface area contributed by atoms with Gasteiger partial charge in [-0.05, 0) is 42.5 Å². The second kappa shape index (κ2) is 11.0. The Hall–Kier alpha value is -2.98. The number of nitrogens with zero attached hydrogens (tertiary/aromatic N) is 3. The van der Waals surface area contributed by atoms with Crippen molar-refractivity contribution >= 4 is 5.91 Å². The average Bonchev–Trinajstić information content (AvgIpc) is 3.22. The van der Waals surface area contributed by atoms with E-state index < -0.39 is 0 Å². The molecule has 4 rings (SSSR count). The minimum absolute atomic E-state index is 0.0282. The fourth-order valence-corrected chi connectivity index (χ4v) is 5.01. The summed E-state index contributed by atoms with van der Waals surface area (Å²) in [6.07, 6.45) is 3.65. The van der Waals surface area contributed by atoms with Gasteiger partial charge in [-0.25, -0.2) is 0 Å². The lowest BCUT2D eigenvalue weighted by Gasteiger charge is -2.30. The van der Waals surface area contributed by atoms with E-state index in [2.05, 4.69) is 83.2 Å². The van der Waals surface area contributed by atoms with E-state index in [1.807, 2.05) is 26.1 Å². The molecule has 1 aliphatic heterocycles. The number of aryl methyl sites for hydroxylation is 2. The molecule has 1 amide bonds. The number of carbonyl (C=O) groups excluding carboxylic acids is 1. The Kier molecular flexibility index (Phi) is 7.79. The van der Waals surface area contributed by atoms with Crippen molar-refractivity contribution in [3.8, 4) is 0 Å². The van der Waals surface area contributed by atoms with Gasteiger partial charge in [-0.1, -0.05) is 79.6 Å². The molecule has 2 heterocycles. The fraction of sp³-hybridized carbons (Fsp3) is 0.400. The van der Waals surface area contributed by atoms with Crippen LogP contribution in [0.1, 0.15) is 47.6 Å². The standard InChI is InChI=1S/C30H37N3O/c1-22(2)30(34)33(18-26-6-5-15-31-16-26)20-28-19-32(17-25-11-7-23(3)8-12-25)21-29(28)27-13-9-24(4)10-14-27/h5-16,22,28-29H,17-21H2,1-4H3. The first-order chi connectivity index (χ1) is 16.4. The molecule has 0 aliphatic carbocycles. The number of amides is 1. The third-order valence-corrected chi connectivity index (χ3v) is 6.91. The molecule has 4 nitrogen and oxygen atoms in total. The first kappa shape index (κ1) is 24.2. The van der Waals surface area contributed by atoms with E-state index >= 15 is 0 Å². The van der Waals surface area contributed by atoms with Crippen LogP contribution < -0.4 is 0 Å². The highest BCUT2D eigenvalue weighted by atomic mass is 16.2. The highest BCUT2D eigenvalue weighted by Gasteiger charge is 2.36. The SMILES string of the molecule is Cc1ccc(CN2CC(CN(Cc3cccnc3)C(=O)C(C)C)C(c3ccc(C)cc3)C2)cc1. The molecule has 4 heteroatoms. The molecule has 0 saturated carbocycles. The molecule has 1 fully saturated rings. The van der Waals surface area contributed by atoms with Gasteiger partial charge in [0.25, 0.3) is 0 Å². The molecule has 1 aliphatic rings. The van der Waals surface area contributed by atoms with Gasteiger partial charge in [0.15, 0.2) is 0 Å². The van der Waals surface area contributed by atoms with Crippen molar-refractivity contribution in [2.45, 2.75) is 46.7 Å². The number of hydrogen-bond acceptors (Lipinski definition) is 3. The van der Waals surface area contributed by atoms with E-state index in [9.17, 15) is 4.79 Å². The van der Waals surface area contributed by atoms with Gasteiger partial charge in [0.1, 0.15) is 0 Å². The summed E-state index contributed by atoms with van der Waals surface area (Å²) in [6.45, 7) is 12.6. The molecular formula is C30H37N3O. The lowest BCUT2D eigenvalue weighted by Crippen LogP contribution is -2.39. The van der Waals surface area contributed by atoms with E-state index in [0.29, 0.717) is 18.4 Å². The van der Waals surface area contributed by atoms with Crippen LogP contribution in [0.2, 0.25) is 0 Å². The predicted molar refractivity (Wildman–Crippen MR) is 138 cm³/mol. The fourth-order valence-electron chi connectivity index (χ4n) is 5.01. The first-order valence-corrected chi connectivity index (χ1v) is 12.4. The number of carbonyl (C=O) groups is 1. The maximum atomic E-state index is 13.2. The van der Waals surface area contributed by atoms with Gasteiger partial charge in [0, 0.05) is 57.0 Å². The lowest BCUT2D eigenvalue weighted by atomic mass is 9.88. The van der Waals surface area contributed by atoms with Gasteiger partial charge in [0.05, 0.1) is 0 Å². The van der Waals surface area contributed by atoms with Crippen LogP contribution >= 0.6 is 0 Å². The van der Waals surface area contributed by atoms with Crippen molar-refractivity contribution in [1.29, 1.82) is 0 Å². The van der Waals surface area contributed by atoms with E-state index in [4.69, 9.17) is 0 Å². The van der Waals surface area contributed by atoms with Crippen molar-refractivity contribution in [2.75, 3.05) is 19.6 Å². The van der Waals surface area contributed by atoms with Crippen molar-refractivity contribution in [1.82, 2.24) is 14.8 Å². The molecule has 0 radical (unpaired) electrons. The summed E-state index contributed by atoms with van der Waals surface area (Å²) in [7, 11) is 0. The van der Waals surface area contributed by atoms with E-state index in [0.717, 1.165) is 31.7 Å². The molecule has 0 bridgehead atoms. The third kappa shape index (κ3) is 6.12. The summed E-state index contributed by atoms with van der Waals surface area (Å²) in [5, 5.41) is 0. The highest BCUT2D eigenvalue weighted by molar-refractivity contribution is 5.78. The van der Waals surface area contributed by atoms with Crippen LogP contribution in [0.4, 0.5) is 0 Å². The normalized spacial score (nSPS) is 18.4. The van der Waals surface area contributed by atoms with Crippen molar-refractivity contribution < 1.29 is 4.79 Å². The summed E-state index contributed by atoms with van der Waals surface area (Å²) < 4.78 is 0. The van der Waals surface area contributed by atoms with Crippen LogP contribution in [0.5, 0.6) is 0 Å². The van der Waals surface area contributed by atoms with Gasteiger partial charge in [-0.2, -0.15) is 0 Å². The topological polar surface area (TPSA) is 36.4 Å². The highest BCUT2D eigenvalue weighted by Crippen LogP contribution is 2.35. The maximum absolute atomic E-state index is 13.2. The zero-order valence-corrected chi connectivity index (χ0v) is 20.9. The number of hydrogen-bond donors (Lipinski definition) is 0. The monoisotopic (exact) mass is 455 g/mol. The summed E-state index contributed by atoms with van der Waals surface area (Å²) in [6, 6.07) is 21.8. The van der Waals surface area contributed by atoms with E-state index in [1.54, 1.807) is 6.20 Å². The molecule has 0 N–H and O–H groups in total. The van der Waals surface area contributed by atoms with Gasteiger partial charge in [-0.3, -0.25) is 14.7 Å². The average molecular weight is 456 g/mol. The third-order valence-electron chi connectivity index (χ3n) is 6.91. The summed E-state index contributed by atoms with van der Waals surface area (Å²) in [4.78, 5) is 22.1. The zero-order chi connectivity index (χ0) is 24.1. The number of pyridine rings is 1. The molecule has 1 aromatic heterocycles. The molecule has 3 aromatic rings. The predicted octanol–water partition coefficient (Wildman–Crippen LogP) is 5.60. The largest absolute Gasteiger partial charge is 0.338 e. The summed E-state index contributed by atoms with van der Waals surface area (Å²) >= 11 is 0. The minimum Gasteiger partial charge on any atom is -0.338 e. The number of likely N-dealkylation sites (tertiary alicyclic amines) is 1. The Bertz CT molecular complexity index is 1060. The molecule has 2 unspecified atom stereocenters. The Morgan fingerprint density at radius 1 is 0.971 bits per heavy atom. The van der Waals surface area contributed by atoms with Crippen molar-refractivity contribution in [3.63, 3.8) is 0 Å². The number of benzene rings is 2. The van der Waals surface area contributed by atoms with E-state index in [-0.39, 0.29) is 11.8 Å².